The van der Waals surface area contributed by atoms with Crippen molar-refractivity contribution in [1.29, 1.82) is 0 Å². The fraction of sp³-hybridized carbons (Fsp3) is 0.353. The van der Waals surface area contributed by atoms with Gasteiger partial charge in [0.25, 0.3) is 0 Å². The molecule has 0 aliphatic carbocycles. The topological polar surface area (TPSA) is 73.2 Å². The van der Waals surface area contributed by atoms with E-state index in [2.05, 4.69) is 10.4 Å². The van der Waals surface area contributed by atoms with Gasteiger partial charge in [-0.25, -0.2) is 0 Å². The molecule has 2 rings (SSSR count). The molecule has 0 aliphatic heterocycles. The highest BCUT2D eigenvalue weighted by Crippen LogP contribution is 2.20. The number of nitrogens with zero attached hydrogens (tertiary/aromatic N) is 2. The van der Waals surface area contributed by atoms with E-state index < -0.39 is 12.0 Å². The van der Waals surface area contributed by atoms with Gasteiger partial charge in [-0.05, 0) is 19.4 Å². The number of amides is 1. The molecule has 0 radical (unpaired) electrons. The van der Waals surface area contributed by atoms with E-state index in [1.807, 2.05) is 30.3 Å². The lowest BCUT2D eigenvalue weighted by molar-refractivity contribution is -0.141. The van der Waals surface area contributed by atoms with Crippen LogP contribution in [0.2, 0.25) is 5.02 Å². The first-order valence-corrected chi connectivity index (χ1v) is 7.90. The largest absolute Gasteiger partial charge is 0.469 e. The smallest absolute Gasteiger partial charge is 0.307 e. The number of ether oxygens (including phenoxy) is 1. The summed E-state index contributed by atoms with van der Waals surface area (Å²) in [5.74, 6) is -0.645. The average Bonchev–Trinajstić information content (AvgIpc) is 2.81. The molecule has 0 spiro atoms. The molecule has 6 nitrogen and oxygen atoms in total. The molecule has 0 saturated carbocycles. The molecule has 1 amide bonds. The minimum atomic E-state index is -0.460. The highest BCUT2D eigenvalue weighted by Gasteiger charge is 2.20. The minimum Gasteiger partial charge on any atom is -0.469 e. The van der Waals surface area contributed by atoms with E-state index >= 15 is 0 Å². The van der Waals surface area contributed by atoms with Gasteiger partial charge in [-0.2, -0.15) is 5.10 Å². The number of carbonyl (C=O) groups is 2. The summed E-state index contributed by atoms with van der Waals surface area (Å²) < 4.78 is 6.26. The van der Waals surface area contributed by atoms with Crippen molar-refractivity contribution in [1.82, 2.24) is 15.1 Å². The Hall–Kier alpha value is -2.34. The van der Waals surface area contributed by atoms with Crippen LogP contribution in [0.4, 0.5) is 0 Å². The number of benzene rings is 1. The van der Waals surface area contributed by atoms with Crippen LogP contribution in [0.1, 0.15) is 29.4 Å². The standard InChI is InChI=1S/C17H20ClN3O3/c1-11-17(18)12(2)21(20-11)10-15(22)19-14(9-16(23)24-3)13-7-5-4-6-8-13/h4-8,14H,9-10H2,1-3H3,(H,19,22). The van der Waals surface area contributed by atoms with Crippen molar-refractivity contribution >= 4 is 23.5 Å². The minimum absolute atomic E-state index is 0.0316. The third-order valence-corrected chi connectivity index (χ3v) is 4.27. The summed E-state index contributed by atoms with van der Waals surface area (Å²) in [7, 11) is 1.32. The van der Waals surface area contributed by atoms with Crippen LogP contribution >= 0.6 is 11.6 Å². The summed E-state index contributed by atoms with van der Waals surface area (Å²) in [5.41, 5.74) is 2.24. The summed E-state index contributed by atoms with van der Waals surface area (Å²) in [4.78, 5) is 24.0. The van der Waals surface area contributed by atoms with Gasteiger partial charge in [-0.15, -0.1) is 0 Å². The van der Waals surface area contributed by atoms with Gasteiger partial charge in [0.2, 0.25) is 5.91 Å². The van der Waals surface area contributed by atoms with Gasteiger partial charge in [0, 0.05) is 0 Å². The van der Waals surface area contributed by atoms with Crippen molar-refractivity contribution in [2.45, 2.75) is 32.9 Å². The molecule has 0 fully saturated rings. The Morgan fingerprint density at radius 1 is 1.29 bits per heavy atom. The van der Waals surface area contributed by atoms with E-state index in [9.17, 15) is 9.59 Å². The van der Waals surface area contributed by atoms with Crippen molar-refractivity contribution in [2.75, 3.05) is 7.11 Å². The van der Waals surface area contributed by atoms with E-state index in [4.69, 9.17) is 16.3 Å². The quantitative estimate of drug-likeness (QED) is 0.813. The third kappa shape index (κ3) is 4.35. The van der Waals surface area contributed by atoms with Gasteiger partial charge in [-0.1, -0.05) is 41.9 Å². The van der Waals surface area contributed by atoms with Gasteiger partial charge >= 0.3 is 5.97 Å². The number of aromatic nitrogens is 2. The molecule has 24 heavy (non-hydrogen) atoms. The Kier molecular flexibility index (Phi) is 5.98. The molecule has 0 saturated heterocycles. The molecule has 1 aromatic carbocycles. The zero-order valence-corrected chi connectivity index (χ0v) is 14.6. The Morgan fingerprint density at radius 3 is 2.50 bits per heavy atom. The molecule has 128 valence electrons. The lowest BCUT2D eigenvalue weighted by atomic mass is 10.0. The zero-order valence-electron chi connectivity index (χ0n) is 13.9. The number of nitrogens with one attached hydrogen (secondary N) is 1. The van der Waals surface area contributed by atoms with Crippen LogP contribution in [-0.2, 0) is 20.9 Å². The van der Waals surface area contributed by atoms with Crippen LogP contribution in [0.5, 0.6) is 0 Å². The highest BCUT2D eigenvalue weighted by atomic mass is 35.5. The van der Waals surface area contributed by atoms with E-state index in [-0.39, 0.29) is 18.9 Å². The Morgan fingerprint density at radius 2 is 1.96 bits per heavy atom. The van der Waals surface area contributed by atoms with Crippen LogP contribution in [0.25, 0.3) is 0 Å². The van der Waals surface area contributed by atoms with Crippen LogP contribution < -0.4 is 5.32 Å². The first-order chi connectivity index (χ1) is 11.4. The van der Waals surface area contributed by atoms with Crippen LogP contribution in [0, 0.1) is 13.8 Å². The molecule has 1 heterocycles. The first kappa shape index (κ1) is 18.0. The number of carbonyl (C=O) groups excluding carboxylic acids is 2. The normalized spacial score (nSPS) is 11.8. The fourth-order valence-corrected chi connectivity index (χ4v) is 2.53. The molecule has 1 unspecified atom stereocenters. The molecular formula is C17H20ClN3O3. The van der Waals surface area contributed by atoms with Gasteiger partial charge in [0.1, 0.15) is 6.54 Å². The molecule has 1 atom stereocenters. The van der Waals surface area contributed by atoms with Gasteiger partial charge in [0.05, 0.1) is 36.0 Å². The summed E-state index contributed by atoms with van der Waals surface area (Å²) >= 11 is 6.09. The molecule has 2 aromatic rings. The zero-order chi connectivity index (χ0) is 17.7. The number of rotatable bonds is 6. The summed E-state index contributed by atoms with van der Waals surface area (Å²) in [6, 6.07) is 8.83. The number of methoxy groups -OCH3 is 1. The SMILES string of the molecule is COC(=O)CC(NC(=O)Cn1nc(C)c(Cl)c1C)c1ccccc1. The maximum Gasteiger partial charge on any atom is 0.307 e. The fourth-order valence-electron chi connectivity index (χ4n) is 2.39. The van der Waals surface area contributed by atoms with Crippen LogP contribution in [0.15, 0.2) is 30.3 Å². The van der Waals surface area contributed by atoms with Crippen LogP contribution in [-0.4, -0.2) is 28.8 Å². The lowest BCUT2D eigenvalue weighted by Crippen LogP contribution is -2.33. The van der Waals surface area contributed by atoms with E-state index in [0.717, 1.165) is 11.3 Å². The lowest BCUT2D eigenvalue weighted by Gasteiger charge is -2.18. The monoisotopic (exact) mass is 349 g/mol. The predicted molar refractivity (Wildman–Crippen MR) is 90.7 cm³/mol. The molecule has 1 aromatic heterocycles. The van der Waals surface area contributed by atoms with E-state index in [0.29, 0.717) is 10.7 Å². The van der Waals surface area contributed by atoms with Crippen molar-refractivity contribution in [3.63, 3.8) is 0 Å². The maximum atomic E-state index is 12.4. The first-order valence-electron chi connectivity index (χ1n) is 7.53. The summed E-state index contributed by atoms with van der Waals surface area (Å²) in [6.45, 7) is 3.62. The Bertz CT molecular complexity index is 728. The van der Waals surface area contributed by atoms with Gasteiger partial charge in [-0.3, -0.25) is 14.3 Å². The number of halogens is 1. The maximum absolute atomic E-state index is 12.4. The molecule has 0 bridgehead atoms. The summed E-state index contributed by atoms with van der Waals surface area (Å²) in [5, 5.41) is 7.65. The summed E-state index contributed by atoms with van der Waals surface area (Å²) in [6.07, 6.45) is 0.0596. The molecule has 1 N–H and O–H groups in total. The molecular weight excluding hydrogens is 330 g/mol. The second kappa shape index (κ2) is 7.97. The molecule has 0 aliphatic rings. The predicted octanol–water partition coefficient (Wildman–Crippen LogP) is 2.57. The molecule has 7 heteroatoms. The second-order valence-electron chi connectivity index (χ2n) is 5.45. The van der Waals surface area contributed by atoms with Gasteiger partial charge in [0.15, 0.2) is 0 Å². The highest BCUT2D eigenvalue weighted by molar-refractivity contribution is 6.31. The average molecular weight is 350 g/mol. The van der Waals surface area contributed by atoms with E-state index in [1.54, 1.807) is 18.5 Å². The Labute approximate surface area is 145 Å². The van der Waals surface area contributed by atoms with Crippen molar-refractivity contribution in [3.8, 4) is 0 Å². The number of hydrogen-bond donors (Lipinski definition) is 1. The second-order valence-corrected chi connectivity index (χ2v) is 5.83. The number of aryl methyl sites for hydroxylation is 1. The van der Waals surface area contributed by atoms with Crippen molar-refractivity contribution in [2.24, 2.45) is 0 Å². The van der Waals surface area contributed by atoms with Crippen LogP contribution in [0.3, 0.4) is 0 Å². The third-order valence-electron chi connectivity index (χ3n) is 3.72. The Balaban J connectivity index is 2.12. The number of hydrogen-bond acceptors (Lipinski definition) is 4. The van der Waals surface area contributed by atoms with Gasteiger partial charge < -0.3 is 10.1 Å². The van der Waals surface area contributed by atoms with Crippen molar-refractivity contribution < 1.29 is 14.3 Å². The van der Waals surface area contributed by atoms with Crippen molar-refractivity contribution in [3.05, 3.63) is 52.3 Å². The van der Waals surface area contributed by atoms with E-state index in [1.165, 1.54) is 7.11 Å². The number of esters is 1.